The minimum absolute atomic E-state index is 0.0746. The Hall–Kier alpha value is -2.82. The highest BCUT2D eigenvalue weighted by Gasteiger charge is 2.27. The van der Waals surface area contributed by atoms with E-state index in [2.05, 4.69) is 5.32 Å². The number of methoxy groups -OCH3 is 1. The number of carbonyl (C=O) groups excluding carboxylic acids is 2. The fraction of sp³-hybridized carbons (Fsp3) is 0.333. The molecule has 0 aliphatic carbocycles. The van der Waals surface area contributed by atoms with Gasteiger partial charge in [-0.3, -0.25) is 9.59 Å². The van der Waals surface area contributed by atoms with E-state index in [-0.39, 0.29) is 18.2 Å². The van der Waals surface area contributed by atoms with Crippen LogP contribution in [0.15, 0.2) is 54.6 Å². The molecule has 138 valence electrons. The third-order valence-electron chi connectivity index (χ3n) is 4.34. The van der Waals surface area contributed by atoms with Gasteiger partial charge in [0.2, 0.25) is 11.8 Å². The first kappa shape index (κ1) is 19.5. The summed E-state index contributed by atoms with van der Waals surface area (Å²) in [5, 5.41) is 2.67. The second-order valence-corrected chi connectivity index (χ2v) is 6.07. The molecule has 0 aliphatic rings. The van der Waals surface area contributed by atoms with E-state index in [0.717, 1.165) is 16.9 Å². The molecule has 0 saturated carbocycles. The van der Waals surface area contributed by atoms with Crippen LogP contribution in [0.4, 0.5) is 0 Å². The van der Waals surface area contributed by atoms with Gasteiger partial charge in [0.15, 0.2) is 0 Å². The van der Waals surface area contributed by atoms with Crippen molar-refractivity contribution in [3.05, 3.63) is 65.7 Å². The predicted octanol–water partition coefficient (Wildman–Crippen LogP) is 2.79. The van der Waals surface area contributed by atoms with Crippen molar-refractivity contribution < 1.29 is 14.3 Å². The minimum Gasteiger partial charge on any atom is -0.497 e. The molecule has 0 heterocycles. The van der Waals surface area contributed by atoms with Gasteiger partial charge in [-0.05, 0) is 29.7 Å². The van der Waals surface area contributed by atoms with Gasteiger partial charge in [-0.2, -0.15) is 0 Å². The van der Waals surface area contributed by atoms with Gasteiger partial charge in [0.1, 0.15) is 11.8 Å². The van der Waals surface area contributed by atoms with Gasteiger partial charge in [-0.15, -0.1) is 0 Å². The third kappa shape index (κ3) is 5.09. The molecular weight excluding hydrogens is 328 g/mol. The Kier molecular flexibility index (Phi) is 7.21. The van der Waals surface area contributed by atoms with E-state index in [1.54, 1.807) is 19.1 Å². The van der Waals surface area contributed by atoms with E-state index < -0.39 is 6.04 Å². The second-order valence-electron chi connectivity index (χ2n) is 6.07. The van der Waals surface area contributed by atoms with Crippen molar-refractivity contribution >= 4 is 11.8 Å². The molecule has 2 amide bonds. The van der Waals surface area contributed by atoms with E-state index in [1.807, 2.05) is 61.5 Å². The van der Waals surface area contributed by atoms with E-state index in [4.69, 9.17) is 4.74 Å². The van der Waals surface area contributed by atoms with Crippen LogP contribution < -0.4 is 10.1 Å². The zero-order valence-electron chi connectivity index (χ0n) is 15.6. The first-order chi connectivity index (χ1) is 12.6. The van der Waals surface area contributed by atoms with E-state index in [1.165, 1.54) is 0 Å². The summed E-state index contributed by atoms with van der Waals surface area (Å²) in [6.07, 6.45) is 0.797. The highest BCUT2D eigenvalue weighted by molar-refractivity contribution is 5.88. The van der Waals surface area contributed by atoms with Crippen LogP contribution in [0.3, 0.4) is 0 Å². The Morgan fingerprint density at radius 3 is 2.23 bits per heavy atom. The van der Waals surface area contributed by atoms with Gasteiger partial charge in [0, 0.05) is 13.6 Å². The van der Waals surface area contributed by atoms with Gasteiger partial charge in [0.05, 0.1) is 13.5 Å². The fourth-order valence-corrected chi connectivity index (χ4v) is 2.89. The standard InChI is InChI=1S/C21H26N2O3/c1-4-19(21(25)22-2)23(15-17-8-6-5-7-9-17)20(24)14-16-10-12-18(26-3)13-11-16/h5-13,19H,4,14-15H2,1-3H3,(H,22,25). The van der Waals surface area contributed by atoms with Crippen LogP contribution in [0.1, 0.15) is 24.5 Å². The number of rotatable bonds is 8. The van der Waals surface area contributed by atoms with Crippen molar-refractivity contribution in [2.45, 2.75) is 32.4 Å². The van der Waals surface area contributed by atoms with Crippen molar-refractivity contribution in [3.8, 4) is 5.75 Å². The predicted molar refractivity (Wildman–Crippen MR) is 102 cm³/mol. The van der Waals surface area contributed by atoms with Gasteiger partial charge in [-0.1, -0.05) is 49.4 Å². The number of hydrogen-bond acceptors (Lipinski definition) is 3. The molecule has 5 nitrogen and oxygen atoms in total. The molecule has 0 fully saturated rings. The van der Waals surface area contributed by atoms with Gasteiger partial charge >= 0.3 is 0 Å². The van der Waals surface area contributed by atoms with Crippen LogP contribution in [0.25, 0.3) is 0 Å². The summed E-state index contributed by atoms with van der Waals surface area (Å²) < 4.78 is 5.15. The van der Waals surface area contributed by atoms with E-state index >= 15 is 0 Å². The van der Waals surface area contributed by atoms with Gasteiger partial charge in [-0.25, -0.2) is 0 Å². The molecule has 5 heteroatoms. The lowest BCUT2D eigenvalue weighted by molar-refractivity contribution is -0.140. The number of nitrogens with one attached hydrogen (secondary N) is 1. The topological polar surface area (TPSA) is 58.6 Å². The lowest BCUT2D eigenvalue weighted by Gasteiger charge is -2.30. The number of carbonyl (C=O) groups is 2. The fourth-order valence-electron chi connectivity index (χ4n) is 2.89. The SMILES string of the molecule is CCC(C(=O)NC)N(Cc1ccccc1)C(=O)Cc1ccc(OC)cc1. The molecule has 1 atom stereocenters. The molecule has 1 unspecified atom stereocenters. The summed E-state index contributed by atoms with van der Waals surface area (Å²) >= 11 is 0. The van der Waals surface area contributed by atoms with Crippen molar-refractivity contribution in [1.82, 2.24) is 10.2 Å². The maximum atomic E-state index is 13.0. The number of nitrogens with zero attached hydrogens (tertiary/aromatic N) is 1. The normalized spacial score (nSPS) is 11.5. The number of ether oxygens (including phenoxy) is 1. The summed E-state index contributed by atoms with van der Waals surface area (Å²) in [5.74, 6) is 0.528. The van der Waals surface area contributed by atoms with Crippen LogP contribution in [-0.4, -0.2) is 36.9 Å². The lowest BCUT2D eigenvalue weighted by atomic mass is 10.1. The molecule has 1 N–H and O–H groups in total. The smallest absolute Gasteiger partial charge is 0.242 e. The van der Waals surface area contributed by atoms with E-state index in [0.29, 0.717) is 13.0 Å². The number of likely N-dealkylation sites (N-methyl/N-ethyl adjacent to an activating group) is 1. The Morgan fingerprint density at radius 1 is 1.04 bits per heavy atom. The second kappa shape index (κ2) is 9.61. The Morgan fingerprint density at radius 2 is 1.69 bits per heavy atom. The Labute approximate surface area is 155 Å². The van der Waals surface area contributed by atoms with Crippen LogP contribution in [0.5, 0.6) is 5.75 Å². The van der Waals surface area contributed by atoms with Crippen LogP contribution in [0.2, 0.25) is 0 Å². The number of amides is 2. The molecule has 2 rings (SSSR count). The molecule has 0 aromatic heterocycles. The Bertz CT molecular complexity index is 714. The first-order valence-corrected chi connectivity index (χ1v) is 8.77. The largest absolute Gasteiger partial charge is 0.497 e. The molecule has 26 heavy (non-hydrogen) atoms. The molecule has 2 aromatic carbocycles. The maximum absolute atomic E-state index is 13.0. The highest BCUT2D eigenvalue weighted by Crippen LogP contribution is 2.16. The first-order valence-electron chi connectivity index (χ1n) is 8.77. The molecule has 0 saturated heterocycles. The summed E-state index contributed by atoms with van der Waals surface area (Å²) in [5.41, 5.74) is 1.89. The molecular formula is C21H26N2O3. The van der Waals surface area contributed by atoms with Crippen molar-refractivity contribution in [3.63, 3.8) is 0 Å². The van der Waals surface area contributed by atoms with Gasteiger partial charge in [0.25, 0.3) is 0 Å². The molecule has 0 aliphatic heterocycles. The quantitative estimate of drug-likeness (QED) is 0.793. The Balaban J connectivity index is 2.22. The summed E-state index contributed by atoms with van der Waals surface area (Å²) in [6, 6.07) is 16.6. The highest BCUT2D eigenvalue weighted by atomic mass is 16.5. The lowest BCUT2D eigenvalue weighted by Crippen LogP contribution is -2.48. The maximum Gasteiger partial charge on any atom is 0.242 e. The molecule has 0 bridgehead atoms. The average molecular weight is 354 g/mol. The zero-order valence-corrected chi connectivity index (χ0v) is 15.6. The van der Waals surface area contributed by atoms with Gasteiger partial charge < -0.3 is 15.0 Å². The van der Waals surface area contributed by atoms with Crippen molar-refractivity contribution in [2.75, 3.05) is 14.2 Å². The van der Waals surface area contributed by atoms with Crippen LogP contribution in [0, 0.1) is 0 Å². The van der Waals surface area contributed by atoms with Crippen LogP contribution >= 0.6 is 0 Å². The third-order valence-corrected chi connectivity index (χ3v) is 4.34. The zero-order chi connectivity index (χ0) is 18.9. The summed E-state index contributed by atoms with van der Waals surface area (Å²) in [4.78, 5) is 27.0. The molecule has 0 radical (unpaired) electrons. The monoisotopic (exact) mass is 354 g/mol. The molecule has 2 aromatic rings. The van der Waals surface area contributed by atoms with E-state index in [9.17, 15) is 9.59 Å². The average Bonchev–Trinajstić information content (AvgIpc) is 2.68. The number of benzene rings is 2. The summed E-state index contributed by atoms with van der Waals surface area (Å²) in [6.45, 7) is 2.32. The number of hydrogen-bond donors (Lipinski definition) is 1. The molecule has 0 spiro atoms. The van der Waals surface area contributed by atoms with Crippen LogP contribution in [-0.2, 0) is 22.6 Å². The van der Waals surface area contributed by atoms with Crippen molar-refractivity contribution in [2.24, 2.45) is 0 Å². The van der Waals surface area contributed by atoms with Crippen molar-refractivity contribution in [1.29, 1.82) is 0 Å². The summed E-state index contributed by atoms with van der Waals surface area (Å²) in [7, 11) is 3.20. The minimum atomic E-state index is -0.494.